The van der Waals surface area contributed by atoms with Crippen molar-refractivity contribution >= 4 is 0 Å². The first-order valence-electron chi connectivity index (χ1n) is 7.00. The Balaban J connectivity index is 4.52. The molecule has 0 rings (SSSR count). The Labute approximate surface area is 108 Å². The topological polar surface area (TPSA) is 18.5 Å². The molecule has 104 valence electrons. The third-order valence-corrected chi connectivity index (χ3v) is 4.22. The Morgan fingerprint density at radius 1 is 0.765 bits per heavy atom. The van der Waals surface area contributed by atoms with Crippen LogP contribution in [0, 0.1) is 29.6 Å². The van der Waals surface area contributed by atoms with Gasteiger partial charge < -0.3 is 0 Å². The number of rotatable bonds is 8. The first-order valence-corrected chi connectivity index (χ1v) is 7.00. The Morgan fingerprint density at radius 3 is 1.65 bits per heavy atom. The summed E-state index contributed by atoms with van der Waals surface area (Å²) >= 11 is 0. The van der Waals surface area contributed by atoms with Gasteiger partial charge in [0.2, 0.25) is 0 Å². The summed E-state index contributed by atoms with van der Waals surface area (Å²) in [5, 5.41) is 0. The van der Waals surface area contributed by atoms with Crippen molar-refractivity contribution < 1.29 is 9.78 Å². The minimum Gasteiger partial charge on any atom is -0.240 e. The normalized spacial score (nSPS) is 19.4. The summed E-state index contributed by atoms with van der Waals surface area (Å²) in [6.07, 6.45) is 1.26. The SMILES string of the molecule is COOC(CC(C)C)C(C)C(C)C(C)C(C)C. The van der Waals surface area contributed by atoms with Gasteiger partial charge in [-0.1, -0.05) is 48.5 Å². The van der Waals surface area contributed by atoms with E-state index in [1.165, 1.54) is 0 Å². The lowest BCUT2D eigenvalue weighted by molar-refractivity contribution is -0.320. The summed E-state index contributed by atoms with van der Waals surface area (Å²) in [4.78, 5) is 10.4. The van der Waals surface area contributed by atoms with Crippen LogP contribution in [0.25, 0.3) is 0 Å². The Hall–Kier alpha value is -0.0800. The molecule has 0 radical (unpaired) electrons. The van der Waals surface area contributed by atoms with Gasteiger partial charge in [0.25, 0.3) is 0 Å². The van der Waals surface area contributed by atoms with E-state index in [9.17, 15) is 0 Å². The van der Waals surface area contributed by atoms with Crippen LogP contribution in [0.2, 0.25) is 0 Å². The summed E-state index contributed by atoms with van der Waals surface area (Å²) in [5.41, 5.74) is 0. The molecular formula is C15H32O2. The summed E-state index contributed by atoms with van der Waals surface area (Å²) in [7, 11) is 1.61. The van der Waals surface area contributed by atoms with Crippen LogP contribution in [-0.4, -0.2) is 13.2 Å². The van der Waals surface area contributed by atoms with Gasteiger partial charge in [-0.05, 0) is 36.0 Å². The van der Waals surface area contributed by atoms with Crippen LogP contribution >= 0.6 is 0 Å². The first kappa shape index (κ1) is 16.9. The Morgan fingerprint density at radius 2 is 1.29 bits per heavy atom. The smallest absolute Gasteiger partial charge is 0.0960 e. The molecule has 0 amide bonds. The molecule has 2 nitrogen and oxygen atoms in total. The van der Waals surface area contributed by atoms with Crippen molar-refractivity contribution in [3.63, 3.8) is 0 Å². The van der Waals surface area contributed by atoms with E-state index in [0.29, 0.717) is 23.7 Å². The zero-order valence-corrected chi connectivity index (χ0v) is 13.0. The van der Waals surface area contributed by atoms with Gasteiger partial charge in [0.1, 0.15) is 0 Å². The molecule has 0 bridgehead atoms. The van der Waals surface area contributed by atoms with Crippen LogP contribution in [-0.2, 0) is 9.78 Å². The summed E-state index contributed by atoms with van der Waals surface area (Å²) in [6.45, 7) is 16.0. The van der Waals surface area contributed by atoms with E-state index in [2.05, 4.69) is 48.5 Å². The maximum Gasteiger partial charge on any atom is 0.0960 e. The van der Waals surface area contributed by atoms with Gasteiger partial charge in [0, 0.05) is 0 Å². The molecule has 0 aliphatic carbocycles. The largest absolute Gasteiger partial charge is 0.240 e. The first-order chi connectivity index (χ1) is 7.81. The van der Waals surface area contributed by atoms with Crippen molar-refractivity contribution in [1.82, 2.24) is 0 Å². The maximum absolute atomic E-state index is 5.47. The Bertz CT molecular complexity index is 189. The van der Waals surface area contributed by atoms with Gasteiger partial charge in [-0.3, -0.25) is 0 Å². The van der Waals surface area contributed by atoms with E-state index in [1.54, 1.807) is 7.11 Å². The van der Waals surface area contributed by atoms with Crippen LogP contribution in [0.3, 0.4) is 0 Å². The lowest BCUT2D eigenvalue weighted by atomic mass is 9.75. The molecule has 0 saturated carbocycles. The maximum atomic E-state index is 5.47. The molecule has 4 unspecified atom stereocenters. The van der Waals surface area contributed by atoms with Crippen LogP contribution < -0.4 is 0 Å². The standard InChI is InChI=1S/C15H32O2/c1-10(2)9-15(17-16-8)14(7)13(6)12(5)11(3)4/h10-15H,9H2,1-8H3. The zero-order chi connectivity index (χ0) is 13.6. The van der Waals surface area contributed by atoms with Gasteiger partial charge in [-0.25, -0.2) is 9.78 Å². The fraction of sp³-hybridized carbons (Fsp3) is 1.00. The van der Waals surface area contributed by atoms with Crippen molar-refractivity contribution in [2.75, 3.05) is 7.11 Å². The quantitative estimate of drug-likeness (QED) is 0.461. The molecule has 0 saturated heterocycles. The number of hydrogen-bond donors (Lipinski definition) is 0. The van der Waals surface area contributed by atoms with Gasteiger partial charge in [-0.15, -0.1) is 0 Å². The zero-order valence-electron chi connectivity index (χ0n) is 13.0. The van der Waals surface area contributed by atoms with Crippen molar-refractivity contribution in [2.24, 2.45) is 29.6 Å². The van der Waals surface area contributed by atoms with Gasteiger partial charge in [-0.2, -0.15) is 0 Å². The summed E-state index contributed by atoms with van der Waals surface area (Å²) in [6, 6.07) is 0. The average Bonchev–Trinajstić information content (AvgIpc) is 2.24. The van der Waals surface area contributed by atoms with Gasteiger partial charge in [0.15, 0.2) is 0 Å². The highest BCUT2D eigenvalue weighted by Gasteiger charge is 2.29. The molecule has 0 aromatic rings. The summed E-state index contributed by atoms with van der Waals surface area (Å²) < 4.78 is 0. The highest BCUT2D eigenvalue weighted by molar-refractivity contribution is 4.77. The number of hydrogen-bond acceptors (Lipinski definition) is 2. The molecule has 0 aliphatic rings. The fourth-order valence-electron chi connectivity index (χ4n) is 2.35. The van der Waals surface area contributed by atoms with E-state index >= 15 is 0 Å². The summed E-state index contributed by atoms with van der Waals surface area (Å²) in [5.74, 6) is 3.23. The lowest BCUT2D eigenvalue weighted by Gasteiger charge is -2.33. The minimum absolute atomic E-state index is 0.205. The molecule has 0 aromatic heterocycles. The van der Waals surface area contributed by atoms with E-state index in [-0.39, 0.29) is 6.10 Å². The minimum atomic E-state index is 0.205. The van der Waals surface area contributed by atoms with Crippen LogP contribution in [0.1, 0.15) is 54.9 Å². The average molecular weight is 244 g/mol. The third kappa shape index (κ3) is 5.87. The van der Waals surface area contributed by atoms with E-state index in [1.807, 2.05) is 0 Å². The predicted molar refractivity (Wildman–Crippen MR) is 73.7 cm³/mol. The highest BCUT2D eigenvalue weighted by atomic mass is 17.2. The van der Waals surface area contributed by atoms with Crippen LogP contribution in [0.5, 0.6) is 0 Å². The van der Waals surface area contributed by atoms with E-state index < -0.39 is 0 Å². The molecule has 0 aromatic carbocycles. The lowest BCUT2D eigenvalue weighted by Crippen LogP contribution is -2.32. The van der Waals surface area contributed by atoms with Gasteiger partial charge in [0.05, 0.1) is 13.2 Å². The molecule has 0 aliphatic heterocycles. The van der Waals surface area contributed by atoms with Crippen molar-refractivity contribution in [3.8, 4) is 0 Å². The van der Waals surface area contributed by atoms with E-state index in [4.69, 9.17) is 9.78 Å². The molecule has 0 heterocycles. The second-order valence-electron chi connectivity index (χ2n) is 6.25. The monoisotopic (exact) mass is 244 g/mol. The second kappa shape index (κ2) is 8.10. The predicted octanol–water partition coefficient (Wildman–Crippen LogP) is 4.54. The fourth-order valence-corrected chi connectivity index (χ4v) is 2.35. The molecule has 4 atom stereocenters. The molecular weight excluding hydrogens is 212 g/mol. The van der Waals surface area contributed by atoms with E-state index in [0.717, 1.165) is 12.3 Å². The van der Waals surface area contributed by atoms with Crippen molar-refractivity contribution in [1.29, 1.82) is 0 Å². The molecule has 0 spiro atoms. The molecule has 0 N–H and O–H groups in total. The molecule has 2 heteroatoms. The Kier molecular flexibility index (Phi) is 8.06. The second-order valence-corrected chi connectivity index (χ2v) is 6.25. The molecule has 0 fully saturated rings. The van der Waals surface area contributed by atoms with Crippen molar-refractivity contribution in [2.45, 2.75) is 61.0 Å². The van der Waals surface area contributed by atoms with Crippen LogP contribution in [0.15, 0.2) is 0 Å². The van der Waals surface area contributed by atoms with Gasteiger partial charge >= 0.3 is 0 Å². The third-order valence-electron chi connectivity index (χ3n) is 4.22. The van der Waals surface area contributed by atoms with Crippen molar-refractivity contribution in [3.05, 3.63) is 0 Å². The highest BCUT2D eigenvalue weighted by Crippen LogP contribution is 2.31. The molecule has 17 heavy (non-hydrogen) atoms. The van der Waals surface area contributed by atoms with Crippen LogP contribution in [0.4, 0.5) is 0 Å².